The van der Waals surface area contributed by atoms with Crippen molar-refractivity contribution in [1.29, 1.82) is 0 Å². The third-order valence-corrected chi connectivity index (χ3v) is 2.35. The van der Waals surface area contributed by atoms with E-state index in [-0.39, 0.29) is 0 Å². The largest absolute Gasteiger partial charge is 0.480 e. The van der Waals surface area contributed by atoms with Gasteiger partial charge in [-0.05, 0) is 12.8 Å². The third kappa shape index (κ3) is 10.3. The number of amides is 2. The van der Waals surface area contributed by atoms with Crippen LogP contribution in [0, 0.1) is 0 Å². The maximum absolute atomic E-state index is 11.4. The average molecular weight is 276 g/mol. The number of ether oxygens (including phenoxy) is 2. The number of carbonyl (C=O) groups is 2. The zero-order valence-electron chi connectivity index (χ0n) is 11.6. The molecule has 3 N–H and O–H groups in total. The monoisotopic (exact) mass is 276 g/mol. The number of nitrogens with one attached hydrogen (secondary N) is 2. The van der Waals surface area contributed by atoms with Gasteiger partial charge in [-0.2, -0.15) is 0 Å². The van der Waals surface area contributed by atoms with E-state index in [1.807, 2.05) is 6.92 Å². The first kappa shape index (κ1) is 17.7. The van der Waals surface area contributed by atoms with Crippen LogP contribution in [0.1, 0.15) is 26.2 Å². The molecule has 2 amide bonds. The first-order valence-corrected chi connectivity index (χ1v) is 6.45. The molecule has 7 heteroatoms. The van der Waals surface area contributed by atoms with E-state index >= 15 is 0 Å². The molecule has 0 aliphatic carbocycles. The Hall–Kier alpha value is -1.34. The van der Waals surface area contributed by atoms with Crippen molar-refractivity contribution in [3.05, 3.63) is 0 Å². The number of carbonyl (C=O) groups excluding carboxylic acids is 1. The Morgan fingerprint density at radius 1 is 1.26 bits per heavy atom. The zero-order chi connectivity index (χ0) is 14.5. The fraction of sp³-hybridized carbons (Fsp3) is 0.833. The van der Waals surface area contributed by atoms with Crippen LogP contribution in [0.3, 0.4) is 0 Å². The van der Waals surface area contributed by atoms with Gasteiger partial charge in [-0.3, -0.25) is 0 Å². The van der Waals surface area contributed by atoms with Crippen LogP contribution in [-0.4, -0.2) is 56.6 Å². The molecule has 112 valence electrons. The Labute approximate surface area is 113 Å². The summed E-state index contributed by atoms with van der Waals surface area (Å²) < 4.78 is 10.1. The maximum Gasteiger partial charge on any atom is 0.326 e. The molecule has 0 saturated heterocycles. The topological polar surface area (TPSA) is 96.9 Å². The molecule has 19 heavy (non-hydrogen) atoms. The molecule has 0 aromatic rings. The first-order chi connectivity index (χ1) is 9.11. The van der Waals surface area contributed by atoms with E-state index in [2.05, 4.69) is 10.6 Å². The quantitative estimate of drug-likeness (QED) is 0.480. The molecule has 7 nitrogen and oxygen atoms in total. The molecule has 0 aliphatic rings. The minimum absolute atomic E-state index is 0.345. The highest BCUT2D eigenvalue weighted by molar-refractivity contribution is 5.82. The molecule has 0 heterocycles. The van der Waals surface area contributed by atoms with Gasteiger partial charge in [-0.25, -0.2) is 9.59 Å². The number of hydrogen-bond donors (Lipinski definition) is 3. The molecule has 0 fully saturated rings. The standard InChI is InChI=1S/C12H24N2O5/c1-3-5-10(11(15)16)14-12(17)13-6-9-19-8-4-7-18-2/h10H,3-9H2,1-2H3,(H,15,16)(H2,13,14,17). The van der Waals surface area contributed by atoms with Gasteiger partial charge >= 0.3 is 12.0 Å². The molecule has 1 atom stereocenters. The molecule has 0 spiro atoms. The number of carboxylic acid groups (broad SMARTS) is 1. The van der Waals surface area contributed by atoms with Crippen LogP contribution in [0.5, 0.6) is 0 Å². The lowest BCUT2D eigenvalue weighted by molar-refractivity contribution is -0.139. The molecular formula is C12H24N2O5. The van der Waals surface area contributed by atoms with Gasteiger partial charge in [0.1, 0.15) is 6.04 Å². The Morgan fingerprint density at radius 2 is 2.00 bits per heavy atom. The Morgan fingerprint density at radius 3 is 2.58 bits per heavy atom. The van der Waals surface area contributed by atoms with Crippen molar-refractivity contribution in [3.8, 4) is 0 Å². The van der Waals surface area contributed by atoms with Crippen molar-refractivity contribution in [2.45, 2.75) is 32.2 Å². The zero-order valence-corrected chi connectivity index (χ0v) is 11.6. The molecule has 1 unspecified atom stereocenters. The summed E-state index contributed by atoms with van der Waals surface area (Å²) in [5.41, 5.74) is 0. The molecule has 0 bridgehead atoms. The summed E-state index contributed by atoms with van der Waals surface area (Å²) in [7, 11) is 1.63. The van der Waals surface area contributed by atoms with Crippen LogP contribution >= 0.6 is 0 Å². The summed E-state index contributed by atoms with van der Waals surface area (Å²) in [6, 6.07) is -1.33. The summed E-state index contributed by atoms with van der Waals surface area (Å²) >= 11 is 0. The SMILES string of the molecule is CCCC(NC(=O)NCCOCCCOC)C(=O)O. The molecule has 0 aromatic heterocycles. The van der Waals surface area contributed by atoms with E-state index in [1.165, 1.54) is 0 Å². The molecule has 0 saturated carbocycles. The molecule has 0 radical (unpaired) electrons. The third-order valence-electron chi connectivity index (χ3n) is 2.35. The van der Waals surface area contributed by atoms with E-state index in [1.54, 1.807) is 7.11 Å². The van der Waals surface area contributed by atoms with Crippen molar-refractivity contribution in [1.82, 2.24) is 10.6 Å². The molecule has 0 aromatic carbocycles. The van der Waals surface area contributed by atoms with Gasteiger partial charge < -0.3 is 25.2 Å². The second-order valence-electron chi connectivity index (χ2n) is 4.04. The summed E-state index contributed by atoms with van der Waals surface area (Å²) in [5.74, 6) is -1.02. The van der Waals surface area contributed by atoms with Gasteiger partial charge in [0.15, 0.2) is 0 Å². The van der Waals surface area contributed by atoms with Crippen LogP contribution in [0.15, 0.2) is 0 Å². The Bertz CT molecular complexity index is 261. The molecule has 0 aliphatic heterocycles. The van der Waals surface area contributed by atoms with Crippen LogP contribution in [0.2, 0.25) is 0 Å². The van der Waals surface area contributed by atoms with Crippen LogP contribution in [0.4, 0.5) is 4.79 Å². The van der Waals surface area contributed by atoms with Gasteiger partial charge in [0.2, 0.25) is 0 Å². The maximum atomic E-state index is 11.4. The number of methoxy groups -OCH3 is 1. The number of hydrogen-bond acceptors (Lipinski definition) is 4. The lowest BCUT2D eigenvalue weighted by Gasteiger charge is -2.14. The average Bonchev–Trinajstić information content (AvgIpc) is 2.37. The van der Waals surface area contributed by atoms with Crippen molar-refractivity contribution >= 4 is 12.0 Å². The normalized spacial score (nSPS) is 11.9. The smallest absolute Gasteiger partial charge is 0.326 e. The highest BCUT2D eigenvalue weighted by atomic mass is 16.5. The van der Waals surface area contributed by atoms with E-state index in [0.717, 1.165) is 6.42 Å². The predicted molar refractivity (Wildman–Crippen MR) is 70.2 cm³/mol. The van der Waals surface area contributed by atoms with E-state index in [4.69, 9.17) is 14.6 Å². The minimum atomic E-state index is -1.02. The van der Waals surface area contributed by atoms with Gasteiger partial charge in [0.25, 0.3) is 0 Å². The Kier molecular flexibility index (Phi) is 10.9. The van der Waals surface area contributed by atoms with Crippen LogP contribution < -0.4 is 10.6 Å². The first-order valence-electron chi connectivity index (χ1n) is 6.45. The van der Waals surface area contributed by atoms with Crippen molar-refractivity contribution in [3.63, 3.8) is 0 Å². The van der Waals surface area contributed by atoms with Crippen molar-refractivity contribution < 1.29 is 24.2 Å². The second kappa shape index (κ2) is 11.7. The fourth-order valence-electron chi connectivity index (χ4n) is 1.40. The number of carboxylic acids is 1. The minimum Gasteiger partial charge on any atom is -0.480 e. The van der Waals surface area contributed by atoms with E-state index < -0.39 is 18.0 Å². The van der Waals surface area contributed by atoms with Gasteiger partial charge in [-0.15, -0.1) is 0 Å². The summed E-state index contributed by atoms with van der Waals surface area (Å²) in [4.78, 5) is 22.2. The van der Waals surface area contributed by atoms with Crippen LogP contribution in [0.25, 0.3) is 0 Å². The van der Waals surface area contributed by atoms with Crippen molar-refractivity contribution in [2.24, 2.45) is 0 Å². The lowest BCUT2D eigenvalue weighted by Crippen LogP contribution is -2.46. The van der Waals surface area contributed by atoms with Crippen LogP contribution in [-0.2, 0) is 14.3 Å². The lowest BCUT2D eigenvalue weighted by atomic mass is 10.2. The van der Waals surface area contributed by atoms with Gasteiger partial charge in [0, 0.05) is 26.9 Å². The summed E-state index contributed by atoms with van der Waals surface area (Å²) in [6.07, 6.45) is 1.91. The Balaban J connectivity index is 3.60. The second-order valence-corrected chi connectivity index (χ2v) is 4.04. The predicted octanol–water partition coefficient (Wildman–Crippen LogP) is 0.592. The highest BCUT2D eigenvalue weighted by Gasteiger charge is 2.18. The van der Waals surface area contributed by atoms with Crippen molar-refractivity contribution in [2.75, 3.05) is 33.5 Å². The summed E-state index contributed by atoms with van der Waals surface area (Å²) in [5, 5.41) is 13.8. The van der Waals surface area contributed by atoms with Gasteiger partial charge in [0.05, 0.1) is 6.61 Å². The fourth-order valence-corrected chi connectivity index (χ4v) is 1.40. The van der Waals surface area contributed by atoms with Gasteiger partial charge in [-0.1, -0.05) is 13.3 Å². The molecule has 0 rings (SSSR count). The number of aliphatic carboxylic acids is 1. The number of rotatable bonds is 11. The number of urea groups is 1. The van der Waals surface area contributed by atoms with E-state index in [0.29, 0.717) is 39.2 Å². The highest BCUT2D eigenvalue weighted by Crippen LogP contribution is 1.96. The van der Waals surface area contributed by atoms with E-state index in [9.17, 15) is 9.59 Å². The summed E-state index contributed by atoms with van der Waals surface area (Å²) in [6.45, 7) is 3.82. The molecular weight excluding hydrogens is 252 g/mol.